The third-order valence-corrected chi connectivity index (χ3v) is 4.94. The molecule has 0 saturated heterocycles. The van der Waals surface area contributed by atoms with Crippen molar-refractivity contribution >= 4 is 0 Å². The Morgan fingerprint density at radius 2 is 1.94 bits per heavy atom. The van der Waals surface area contributed by atoms with Crippen LogP contribution in [0.15, 0.2) is 0 Å². The summed E-state index contributed by atoms with van der Waals surface area (Å²) >= 11 is 0. The Balaban J connectivity index is 2.63. The normalized spacial score (nSPS) is 28.9. The van der Waals surface area contributed by atoms with Gasteiger partial charge in [0, 0.05) is 5.54 Å². The molecule has 4 atom stereocenters. The third-order valence-electron chi connectivity index (χ3n) is 4.94. The average molecular weight is 225 g/mol. The first kappa shape index (κ1) is 14.0. The van der Waals surface area contributed by atoms with Crippen LogP contribution in [0.2, 0.25) is 0 Å². The first-order chi connectivity index (χ1) is 7.46. The van der Waals surface area contributed by atoms with E-state index in [4.69, 9.17) is 0 Å². The Morgan fingerprint density at radius 3 is 2.31 bits per heavy atom. The van der Waals surface area contributed by atoms with Crippen LogP contribution >= 0.6 is 0 Å². The molecule has 0 radical (unpaired) electrons. The average Bonchev–Trinajstić information content (AvgIpc) is 3.04. The zero-order valence-corrected chi connectivity index (χ0v) is 12.1. The van der Waals surface area contributed by atoms with E-state index in [1.807, 2.05) is 0 Å². The zero-order chi connectivity index (χ0) is 12.3. The van der Waals surface area contributed by atoms with Crippen molar-refractivity contribution in [1.82, 2.24) is 5.32 Å². The lowest BCUT2D eigenvalue weighted by atomic mass is 9.76. The molecule has 0 bridgehead atoms. The van der Waals surface area contributed by atoms with Crippen molar-refractivity contribution in [1.29, 1.82) is 0 Å². The van der Waals surface area contributed by atoms with E-state index in [1.54, 1.807) is 0 Å². The van der Waals surface area contributed by atoms with E-state index >= 15 is 0 Å². The number of hydrogen-bond donors (Lipinski definition) is 1. The fourth-order valence-corrected chi connectivity index (χ4v) is 3.02. The lowest BCUT2D eigenvalue weighted by molar-refractivity contribution is 0.190. The molecular weight excluding hydrogens is 194 g/mol. The third kappa shape index (κ3) is 3.23. The second-order valence-corrected chi connectivity index (χ2v) is 6.40. The van der Waals surface area contributed by atoms with Gasteiger partial charge in [-0.15, -0.1) is 0 Å². The van der Waals surface area contributed by atoms with Crippen LogP contribution in [0, 0.1) is 23.7 Å². The quantitative estimate of drug-likeness (QED) is 0.688. The molecule has 1 heteroatoms. The second-order valence-electron chi connectivity index (χ2n) is 6.40. The first-order valence-corrected chi connectivity index (χ1v) is 7.15. The van der Waals surface area contributed by atoms with Gasteiger partial charge in [-0.25, -0.2) is 0 Å². The van der Waals surface area contributed by atoms with Crippen molar-refractivity contribution in [2.24, 2.45) is 23.7 Å². The molecule has 0 spiro atoms. The molecule has 1 aliphatic carbocycles. The lowest BCUT2D eigenvalue weighted by Gasteiger charge is -2.36. The molecule has 0 aliphatic heterocycles. The molecule has 1 aliphatic rings. The molecule has 0 amide bonds. The van der Waals surface area contributed by atoms with Crippen molar-refractivity contribution < 1.29 is 0 Å². The van der Waals surface area contributed by atoms with Crippen molar-refractivity contribution in [2.45, 2.75) is 65.8 Å². The summed E-state index contributed by atoms with van der Waals surface area (Å²) in [5.74, 6) is 3.73. The van der Waals surface area contributed by atoms with Gasteiger partial charge in [-0.1, -0.05) is 33.6 Å². The molecule has 1 fully saturated rings. The van der Waals surface area contributed by atoms with E-state index in [0.29, 0.717) is 5.54 Å². The predicted octanol–water partition coefficient (Wildman–Crippen LogP) is 4.08. The molecule has 0 aromatic rings. The molecule has 16 heavy (non-hydrogen) atoms. The van der Waals surface area contributed by atoms with Gasteiger partial charge in [0.15, 0.2) is 0 Å². The SMILES string of the molecule is CCC(C)C[C@@H]([C@@H]1CC1CC)C(C)(C)NC. The highest BCUT2D eigenvalue weighted by molar-refractivity contribution is 4.99. The summed E-state index contributed by atoms with van der Waals surface area (Å²) < 4.78 is 0. The monoisotopic (exact) mass is 225 g/mol. The molecule has 0 aromatic heterocycles. The Kier molecular flexibility index (Phi) is 4.85. The Hall–Kier alpha value is -0.0400. The van der Waals surface area contributed by atoms with E-state index < -0.39 is 0 Å². The second kappa shape index (κ2) is 5.53. The van der Waals surface area contributed by atoms with Crippen LogP contribution in [0.1, 0.15) is 60.3 Å². The van der Waals surface area contributed by atoms with Gasteiger partial charge in [0.2, 0.25) is 0 Å². The highest BCUT2D eigenvalue weighted by Gasteiger charge is 2.46. The summed E-state index contributed by atoms with van der Waals surface area (Å²) in [5, 5.41) is 3.54. The molecule has 1 N–H and O–H groups in total. The van der Waals surface area contributed by atoms with Crippen molar-refractivity contribution in [3.8, 4) is 0 Å². The lowest BCUT2D eigenvalue weighted by Crippen LogP contribution is -2.45. The summed E-state index contributed by atoms with van der Waals surface area (Å²) in [4.78, 5) is 0. The van der Waals surface area contributed by atoms with E-state index in [0.717, 1.165) is 23.7 Å². The maximum Gasteiger partial charge on any atom is 0.0153 e. The molecule has 1 rings (SSSR count). The van der Waals surface area contributed by atoms with Crippen LogP contribution in [0.3, 0.4) is 0 Å². The summed E-state index contributed by atoms with van der Waals surface area (Å²) in [6, 6.07) is 0. The fraction of sp³-hybridized carbons (Fsp3) is 1.00. The molecule has 0 aromatic carbocycles. The van der Waals surface area contributed by atoms with Crippen molar-refractivity contribution in [2.75, 3.05) is 7.05 Å². The molecule has 1 saturated carbocycles. The highest BCUT2D eigenvalue weighted by atomic mass is 14.9. The molecule has 1 nitrogen and oxygen atoms in total. The van der Waals surface area contributed by atoms with Crippen molar-refractivity contribution in [3.05, 3.63) is 0 Å². The van der Waals surface area contributed by atoms with Gasteiger partial charge in [0.1, 0.15) is 0 Å². The molecule has 2 unspecified atom stereocenters. The number of hydrogen-bond acceptors (Lipinski definition) is 1. The first-order valence-electron chi connectivity index (χ1n) is 7.15. The van der Waals surface area contributed by atoms with E-state index in [-0.39, 0.29) is 0 Å². The predicted molar refractivity (Wildman–Crippen MR) is 72.6 cm³/mol. The van der Waals surface area contributed by atoms with Crippen LogP contribution in [0.5, 0.6) is 0 Å². The van der Waals surface area contributed by atoms with E-state index in [2.05, 4.69) is 47.0 Å². The van der Waals surface area contributed by atoms with Gasteiger partial charge in [0.25, 0.3) is 0 Å². The minimum absolute atomic E-state index is 0.304. The van der Waals surface area contributed by atoms with Gasteiger partial charge in [-0.3, -0.25) is 0 Å². The number of nitrogens with one attached hydrogen (secondary N) is 1. The van der Waals surface area contributed by atoms with Gasteiger partial charge < -0.3 is 5.32 Å². The summed E-state index contributed by atoms with van der Waals surface area (Å²) in [7, 11) is 2.12. The van der Waals surface area contributed by atoms with Crippen molar-refractivity contribution in [3.63, 3.8) is 0 Å². The van der Waals surface area contributed by atoms with Crippen LogP contribution < -0.4 is 5.32 Å². The van der Waals surface area contributed by atoms with E-state index in [9.17, 15) is 0 Å². The van der Waals surface area contributed by atoms with Crippen LogP contribution in [-0.2, 0) is 0 Å². The highest BCUT2D eigenvalue weighted by Crippen LogP contribution is 2.51. The molecule has 96 valence electrons. The largest absolute Gasteiger partial charge is 0.315 e. The van der Waals surface area contributed by atoms with Crippen LogP contribution in [-0.4, -0.2) is 12.6 Å². The fourth-order valence-electron chi connectivity index (χ4n) is 3.02. The standard InChI is InChI=1S/C15H31N/c1-7-11(3)9-14(15(4,5)16-6)13-10-12(13)8-2/h11-14,16H,7-10H2,1-6H3/t11?,12?,13-,14+/m1/s1. The molecular formula is C15H31N. The zero-order valence-electron chi connectivity index (χ0n) is 12.1. The Labute approximate surface area is 102 Å². The summed E-state index contributed by atoms with van der Waals surface area (Å²) in [6.45, 7) is 11.8. The Morgan fingerprint density at radius 1 is 1.31 bits per heavy atom. The van der Waals surface area contributed by atoms with E-state index in [1.165, 1.54) is 25.7 Å². The van der Waals surface area contributed by atoms with Gasteiger partial charge in [-0.05, 0) is 57.4 Å². The Bertz CT molecular complexity index is 209. The minimum atomic E-state index is 0.304. The maximum atomic E-state index is 3.54. The van der Waals surface area contributed by atoms with Crippen LogP contribution in [0.25, 0.3) is 0 Å². The summed E-state index contributed by atoms with van der Waals surface area (Å²) in [6.07, 6.45) is 5.56. The van der Waals surface area contributed by atoms with Gasteiger partial charge in [-0.2, -0.15) is 0 Å². The summed E-state index contributed by atoms with van der Waals surface area (Å²) in [5.41, 5.74) is 0.304. The van der Waals surface area contributed by atoms with Crippen LogP contribution in [0.4, 0.5) is 0 Å². The smallest absolute Gasteiger partial charge is 0.0153 e. The minimum Gasteiger partial charge on any atom is -0.315 e. The maximum absolute atomic E-state index is 3.54. The number of rotatable bonds is 7. The molecule has 0 heterocycles. The topological polar surface area (TPSA) is 12.0 Å². The van der Waals surface area contributed by atoms with Gasteiger partial charge >= 0.3 is 0 Å². The van der Waals surface area contributed by atoms with Gasteiger partial charge in [0.05, 0.1) is 0 Å².